The van der Waals surface area contributed by atoms with Crippen molar-refractivity contribution in [2.45, 2.75) is 6.54 Å². The molecule has 0 radical (unpaired) electrons. The molecule has 0 spiro atoms. The number of nitrogens with one attached hydrogen (secondary N) is 2. The maximum absolute atomic E-state index is 11.0. The van der Waals surface area contributed by atoms with Gasteiger partial charge in [-0.15, -0.1) is 0 Å². The lowest BCUT2D eigenvalue weighted by Crippen LogP contribution is -2.13. The number of carbonyl (C=O) groups is 2. The Morgan fingerprint density at radius 2 is 2.33 bits per heavy atom. The van der Waals surface area contributed by atoms with Crippen molar-refractivity contribution in [1.29, 1.82) is 0 Å². The van der Waals surface area contributed by atoms with Gasteiger partial charge < -0.3 is 15.4 Å². The molecular weight excluding hydrogens is 160 g/mol. The molecule has 0 bridgehead atoms. The number of carboxylic acid groups (broad SMARTS) is 1. The van der Waals surface area contributed by atoms with Crippen molar-refractivity contribution in [1.82, 2.24) is 10.3 Å². The van der Waals surface area contributed by atoms with Gasteiger partial charge in [0, 0.05) is 5.69 Å². The van der Waals surface area contributed by atoms with Crippen molar-refractivity contribution in [2.75, 3.05) is 0 Å². The van der Waals surface area contributed by atoms with Crippen LogP contribution < -0.4 is 5.32 Å². The smallest absolute Gasteiger partial charge is 0.352 e. The molecule has 0 aliphatic carbocycles. The molecule has 5 nitrogen and oxygen atoms in total. The zero-order valence-electron chi connectivity index (χ0n) is 6.05. The van der Waals surface area contributed by atoms with E-state index in [1.165, 1.54) is 6.07 Å². The minimum absolute atomic E-state index is 0.0647. The second kappa shape index (κ2) is 2.10. The van der Waals surface area contributed by atoms with Crippen molar-refractivity contribution in [3.63, 3.8) is 0 Å². The fourth-order valence-corrected chi connectivity index (χ4v) is 1.22. The topological polar surface area (TPSA) is 82.2 Å². The molecule has 0 saturated heterocycles. The molecule has 1 aliphatic heterocycles. The SMILES string of the molecule is O=C(O)c1cc2c([nH]1)CNC2=O. The first-order valence-corrected chi connectivity index (χ1v) is 3.42. The third-order valence-corrected chi connectivity index (χ3v) is 1.80. The monoisotopic (exact) mass is 166 g/mol. The predicted octanol–water partition coefficient (Wildman–Crippen LogP) is -0.0437. The number of fused-ring (bicyclic) bond motifs is 1. The Bertz CT molecular complexity index is 367. The summed E-state index contributed by atoms with van der Waals surface area (Å²) in [5.74, 6) is -1.26. The van der Waals surface area contributed by atoms with Crippen LogP contribution in [0.3, 0.4) is 0 Å². The number of rotatable bonds is 1. The largest absolute Gasteiger partial charge is 0.477 e. The van der Waals surface area contributed by atoms with Crippen LogP contribution in [0, 0.1) is 0 Å². The van der Waals surface area contributed by atoms with Crippen LogP contribution >= 0.6 is 0 Å². The van der Waals surface area contributed by atoms with Crippen LogP contribution in [0.25, 0.3) is 0 Å². The lowest BCUT2D eigenvalue weighted by Gasteiger charge is -1.90. The summed E-state index contributed by atoms with van der Waals surface area (Å²) in [6.07, 6.45) is 0. The van der Waals surface area contributed by atoms with Crippen LogP contribution in [0.4, 0.5) is 0 Å². The molecule has 1 aromatic heterocycles. The van der Waals surface area contributed by atoms with Crippen molar-refractivity contribution < 1.29 is 14.7 Å². The fourth-order valence-electron chi connectivity index (χ4n) is 1.22. The van der Waals surface area contributed by atoms with Crippen molar-refractivity contribution in [2.24, 2.45) is 0 Å². The number of hydrogen-bond donors (Lipinski definition) is 3. The van der Waals surface area contributed by atoms with Crippen LogP contribution in [0.2, 0.25) is 0 Å². The number of hydrogen-bond acceptors (Lipinski definition) is 2. The second-order valence-corrected chi connectivity index (χ2v) is 2.56. The number of carboxylic acids is 1. The number of aromatic carboxylic acids is 1. The van der Waals surface area contributed by atoms with Crippen LogP contribution in [0.5, 0.6) is 0 Å². The standard InChI is InChI=1S/C7H6N2O3/c10-6-3-1-4(7(11)12)9-5(3)2-8-6/h1,9H,2H2,(H,8,10)(H,11,12). The normalized spacial score (nSPS) is 14.2. The number of aromatic nitrogens is 1. The van der Waals surface area contributed by atoms with Gasteiger partial charge in [0.15, 0.2) is 0 Å². The minimum atomic E-state index is -1.04. The molecule has 2 heterocycles. The summed E-state index contributed by atoms with van der Waals surface area (Å²) < 4.78 is 0. The molecule has 1 amide bonds. The van der Waals surface area contributed by atoms with E-state index in [2.05, 4.69) is 10.3 Å². The van der Waals surface area contributed by atoms with Crippen LogP contribution in [0.1, 0.15) is 26.5 Å². The molecule has 0 aromatic carbocycles. The van der Waals surface area contributed by atoms with Gasteiger partial charge in [0.2, 0.25) is 0 Å². The third-order valence-electron chi connectivity index (χ3n) is 1.80. The van der Waals surface area contributed by atoms with Gasteiger partial charge >= 0.3 is 5.97 Å². The highest BCUT2D eigenvalue weighted by Crippen LogP contribution is 2.15. The maximum atomic E-state index is 11.0. The number of aromatic amines is 1. The molecule has 3 N–H and O–H groups in total. The lowest BCUT2D eigenvalue weighted by atomic mass is 10.3. The summed E-state index contributed by atoms with van der Waals surface area (Å²) in [5, 5.41) is 11.1. The molecule has 0 atom stereocenters. The van der Waals surface area contributed by atoms with Crippen LogP contribution in [-0.2, 0) is 6.54 Å². The van der Waals surface area contributed by atoms with E-state index < -0.39 is 5.97 Å². The molecule has 5 heteroatoms. The van der Waals surface area contributed by atoms with Crippen molar-refractivity contribution in [3.05, 3.63) is 23.0 Å². The molecule has 1 aromatic rings. The number of H-pyrrole nitrogens is 1. The van der Waals surface area contributed by atoms with E-state index >= 15 is 0 Å². The van der Waals surface area contributed by atoms with E-state index in [1.807, 2.05) is 0 Å². The number of carbonyl (C=O) groups excluding carboxylic acids is 1. The highest BCUT2D eigenvalue weighted by molar-refractivity contribution is 6.00. The molecule has 2 rings (SSSR count). The van der Waals surface area contributed by atoms with E-state index in [0.29, 0.717) is 17.8 Å². The van der Waals surface area contributed by atoms with Gasteiger partial charge in [0.1, 0.15) is 5.69 Å². The van der Waals surface area contributed by atoms with Crippen molar-refractivity contribution in [3.8, 4) is 0 Å². The Hall–Kier alpha value is -1.78. The fraction of sp³-hybridized carbons (Fsp3) is 0.143. The van der Waals surface area contributed by atoms with Gasteiger partial charge in [0.25, 0.3) is 5.91 Å². The predicted molar refractivity (Wildman–Crippen MR) is 38.9 cm³/mol. The van der Waals surface area contributed by atoms with Crippen LogP contribution in [0.15, 0.2) is 6.07 Å². The first kappa shape index (κ1) is 6.90. The molecule has 62 valence electrons. The second-order valence-electron chi connectivity index (χ2n) is 2.56. The molecule has 0 saturated carbocycles. The van der Waals surface area contributed by atoms with Gasteiger partial charge in [0.05, 0.1) is 12.1 Å². The molecule has 12 heavy (non-hydrogen) atoms. The third kappa shape index (κ3) is 0.795. The van der Waals surface area contributed by atoms with Gasteiger partial charge in [-0.1, -0.05) is 0 Å². The molecule has 0 unspecified atom stereocenters. The molecular formula is C7H6N2O3. The van der Waals surface area contributed by atoms with E-state index in [1.54, 1.807) is 0 Å². The van der Waals surface area contributed by atoms with E-state index in [-0.39, 0.29) is 11.6 Å². The highest BCUT2D eigenvalue weighted by atomic mass is 16.4. The lowest BCUT2D eigenvalue weighted by molar-refractivity contribution is 0.0691. The van der Waals surface area contributed by atoms with Gasteiger partial charge in [-0.2, -0.15) is 0 Å². The average Bonchev–Trinajstić information content (AvgIpc) is 2.53. The zero-order chi connectivity index (χ0) is 8.72. The Kier molecular flexibility index (Phi) is 1.21. The van der Waals surface area contributed by atoms with E-state index in [9.17, 15) is 9.59 Å². The van der Waals surface area contributed by atoms with Crippen LogP contribution in [-0.4, -0.2) is 22.0 Å². The van der Waals surface area contributed by atoms with Gasteiger partial charge in [-0.05, 0) is 6.07 Å². The molecule has 1 aliphatic rings. The summed E-state index contributed by atoms with van der Waals surface area (Å²) in [4.78, 5) is 24.1. The summed E-state index contributed by atoms with van der Waals surface area (Å²) >= 11 is 0. The summed E-state index contributed by atoms with van der Waals surface area (Å²) in [7, 11) is 0. The zero-order valence-corrected chi connectivity index (χ0v) is 6.05. The Balaban J connectivity index is 2.49. The Morgan fingerprint density at radius 1 is 1.58 bits per heavy atom. The Morgan fingerprint density at radius 3 is 2.92 bits per heavy atom. The Labute approximate surface area is 67.4 Å². The first-order chi connectivity index (χ1) is 5.68. The van der Waals surface area contributed by atoms with E-state index in [4.69, 9.17) is 5.11 Å². The maximum Gasteiger partial charge on any atom is 0.352 e. The van der Waals surface area contributed by atoms with Gasteiger partial charge in [-0.3, -0.25) is 4.79 Å². The summed E-state index contributed by atoms with van der Waals surface area (Å²) in [6.45, 7) is 0.390. The van der Waals surface area contributed by atoms with Crippen molar-refractivity contribution >= 4 is 11.9 Å². The molecule has 0 fully saturated rings. The highest BCUT2D eigenvalue weighted by Gasteiger charge is 2.23. The summed E-state index contributed by atoms with van der Waals surface area (Å²) in [6, 6.07) is 1.35. The van der Waals surface area contributed by atoms with Gasteiger partial charge in [-0.25, -0.2) is 4.79 Å². The minimum Gasteiger partial charge on any atom is -0.477 e. The first-order valence-electron chi connectivity index (χ1n) is 3.42. The number of amides is 1. The quantitative estimate of drug-likeness (QED) is 0.547. The average molecular weight is 166 g/mol. The summed E-state index contributed by atoms with van der Waals surface area (Å²) in [5.41, 5.74) is 1.15. The van der Waals surface area contributed by atoms with E-state index in [0.717, 1.165) is 0 Å².